The smallest absolute Gasteiger partial charge is 0.387 e. The number of nitrogens with one attached hydrogen (secondary N) is 1. The van der Waals surface area contributed by atoms with Crippen molar-refractivity contribution in [3.8, 4) is 11.4 Å². The van der Waals surface area contributed by atoms with Gasteiger partial charge in [-0.25, -0.2) is 13.1 Å². The average molecular weight is 514 g/mol. The maximum atomic E-state index is 12.9. The van der Waals surface area contributed by atoms with Gasteiger partial charge in [-0.15, -0.1) is 0 Å². The first kappa shape index (κ1) is 24.4. The number of rotatable bonds is 6. The van der Waals surface area contributed by atoms with Gasteiger partial charge in [-0.2, -0.15) is 13.9 Å². The van der Waals surface area contributed by atoms with Gasteiger partial charge >= 0.3 is 6.61 Å². The lowest BCUT2D eigenvalue weighted by atomic mass is 9.99. The van der Waals surface area contributed by atoms with Crippen molar-refractivity contribution >= 4 is 38.2 Å². The summed E-state index contributed by atoms with van der Waals surface area (Å²) >= 11 is 6.54. The van der Waals surface area contributed by atoms with Gasteiger partial charge in [0.25, 0.3) is 5.91 Å². The van der Waals surface area contributed by atoms with Crippen LogP contribution in [-0.4, -0.2) is 52.9 Å². The van der Waals surface area contributed by atoms with Crippen LogP contribution in [0.25, 0.3) is 16.6 Å². The summed E-state index contributed by atoms with van der Waals surface area (Å²) in [6.07, 6.45) is 0. The van der Waals surface area contributed by atoms with Crippen molar-refractivity contribution in [2.45, 2.75) is 38.5 Å². The third-order valence-electron chi connectivity index (χ3n) is 5.35. The number of ether oxygens (including phenoxy) is 1. The van der Waals surface area contributed by atoms with Crippen molar-refractivity contribution in [1.82, 2.24) is 15.1 Å². The molecule has 2 N–H and O–H groups in total. The van der Waals surface area contributed by atoms with Crippen molar-refractivity contribution < 1.29 is 31.8 Å². The van der Waals surface area contributed by atoms with E-state index in [0.717, 1.165) is 0 Å². The molecule has 0 spiro atoms. The molecular weight excluding hydrogens is 492 g/mol. The largest absolute Gasteiger partial charge is 0.435 e. The summed E-state index contributed by atoms with van der Waals surface area (Å²) in [5, 5.41) is 18.4. The highest BCUT2D eigenvalue weighted by molar-refractivity contribution is 7.93. The molecule has 0 radical (unpaired) electrons. The third kappa shape index (κ3) is 4.73. The maximum Gasteiger partial charge on any atom is 0.387 e. The lowest BCUT2D eigenvalue weighted by Crippen LogP contribution is -2.63. The number of halogens is 3. The van der Waals surface area contributed by atoms with Crippen LogP contribution in [0.2, 0.25) is 5.02 Å². The second-order valence-corrected chi connectivity index (χ2v) is 11.6. The van der Waals surface area contributed by atoms with E-state index in [1.54, 1.807) is 13.0 Å². The Balaban J connectivity index is 1.81. The van der Waals surface area contributed by atoms with E-state index in [-0.39, 0.29) is 33.5 Å². The van der Waals surface area contributed by atoms with Gasteiger partial charge in [-0.05, 0) is 45.0 Å². The van der Waals surface area contributed by atoms with E-state index in [4.69, 9.17) is 11.6 Å². The Morgan fingerprint density at radius 3 is 2.56 bits per heavy atom. The molecule has 2 heterocycles. The Morgan fingerprint density at radius 1 is 1.29 bits per heavy atom. The summed E-state index contributed by atoms with van der Waals surface area (Å²) in [7, 11) is -3.17. The first-order valence-corrected chi connectivity index (χ1v) is 12.4. The second kappa shape index (κ2) is 8.17. The van der Waals surface area contributed by atoms with Crippen molar-refractivity contribution in [3.63, 3.8) is 0 Å². The Hall–Kier alpha value is -2.76. The first-order valence-electron chi connectivity index (χ1n) is 10.2. The molecule has 0 atom stereocenters. The van der Waals surface area contributed by atoms with Gasteiger partial charge < -0.3 is 15.2 Å². The van der Waals surface area contributed by atoms with Gasteiger partial charge in [0.2, 0.25) is 0 Å². The normalized spacial score (nSPS) is 16.9. The predicted octanol–water partition coefficient (Wildman–Crippen LogP) is 3.42. The summed E-state index contributed by atoms with van der Waals surface area (Å²) < 4.78 is 54.3. The number of hydrogen-bond acceptors (Lipinski definition) is 6. The molecule has 8 nitrogen and oxygen atoms in total. The summed E-state index contributed by atoms with van der Waals surface area (Å²) in [5.74, 6) is -0.934. The SMILES string of the molecule is CC1(NC(=O)c2cc(Cl)c3c(c2)c(C(C)(C)O)nn3-c2cccc(OC(F)F)c2)CS(=O)(=O)C1. The fourth-order valence-electron chi connectivity index (χ4n) is 4.11. The van der Waals surface area contributed by atoms with E-state index in [9.17, 15) is 27.1 Å². The van der Waals surface area contributed by atoms with Crippen molar-refractivity contribution in [3.05, 3.63) is 52.7 Å². The maximum absolute atomic E-state index is 12.9. The quantitative estimate of drug-likeness (QED) is 0.522. The molecule has 0 unspecified atom stereocenters. The van der Waals surface area contributed by atoms with Crippen LogP contribution in [0.3, 0.4) is 0 Å². The lowest BCUT2D eigenvalue weighted by molar-refractivity contribution is -0.0498. The molecule has 1 aliphatic rings. The van der Waals surface area contributed by atoms with Crippen LogP contribution >= 0.6 is 11.6 Å². The molecular formula is C22H22ClF2N3O5S. The molecule has 4 rings (SSSR count). The highest BCUT2D eigenvalue weighted by atomic mass is 35.5. The Morgan fingerprint density at radius 2 is 1.97 bits per heavy atom. The zero-order valence-corrected chi connectivity index (χ0v) is 20.0. The lowest BCUT2D eigenvalue weighted by Gasteiger charge is -2.38. The Bertz CT molecular complexity index is 1390. The minimum atomic E-state index is -3.17. The average Bonchev–Trinajstić information content (AvgIpc) is 3.06. The Labute approximate surface area is 199 Å². The monoisotopic (exact) mass is 513 g/mol. The number of benzene rings is 2. The standard InChI is InChI=1S/C22H22ClF2N3O5S/c1-21(2,30)18-15-7-12(19(29)26-22(3)10-34(31,32)11-22)8-16(23)17(15)28(27-18)13-5-4-6-14(9-13)33-20(24)25/h4-9,20,30H,10-11H2,1-3H3,(H,26,29). The summed E-state index contributed by atoms with van der Waals surface area (Å²) in [5.41, 5.74) is -1.26. The number of carbonyl (C=O) groups is 1. The van der Waals surface area contributed by atoms with Gasteiger partial charge in [0.1, 0.15) is 17.0 Å². The van der Waals surface area contributed by atoms with Crippen LogP contribution in [0, 0.1) is 0 Å². The molecule has 3 aromatic rings. The molecule has 2 aromatic carbocycles. The van der Waals surface area contributed by atoms with E-state index in [1.165, 1.54) is 48.9 Å². The van der Waals surface area contributed by atoms with Crippen LogP contribution in [-0.2, 0) is 15.4 Å². The molecule has 12 heteroatoms. The molecule has 34 heavy (non-hydrogen) atoms. The molecule has 1 aliphatic heterocycles. The van der Waals surface area contributed by atoms with E-state index >= 15 is 0 Å². The molecule has 1 fully saturated rings. The minimum absolute atomic E-state index is 0.0863. The fraction of sp³-hybridized carbons (Fsp3) is 0.364. The third-order valence-corrected chi connectivity index (χ3v) is 7.79. The fourth-order valence-corrected chi connectivity index (χ4v) is 6.41. The van der Waals surface area contributed by atoms with Crippen molar-refractivity contribution in [2.75, 3.05) is 11.5 Å². The number of hydrogen-bond donors (Lipinski definition) is 2. The van der Waals surface area contributed by atoms with Crippen LogP contribution in [0.4, 0.5) is 8.78 Å². The highest BCUT2D eigenvalue weighted by Crippen LogP contribution is 2.35. The molecule has 0 bridgehead atoms. The van der Waals surface area contributed by atoms with Crippen LogP contribution < -0.4 is 10.1 Å². The zero-order chi connectivity index (χ0) is 25.1. The van der Waals surface area contributed by atoms with E-state index in [1.807, 2.05) is 0 Å². The van der Waals surface area contributed by atoms with Gasteiger partial charge in [-0.3, -0.25) is 4.79 Å². The summed E-state index contributed by atoms with van der Waals surface area (Å²) in [4.78, 5) is 12.9. The van der Waals surface area contributed by atoms with E-state index in [2.05, 4.69) is 15.2 Å². The molecule has 1 amide bonds. The molecule has 0 saturated carbocycles. The van der Waals surface area contributed by atoms with Gasteiger partial charge in [0.05, 0.1) is 33.3 Å². The van der Waals surface area contributed by atoms with Crippen molar-refractivity contribution in [2.24, 2.45) is 0 Å². The van der Waals surface area contributed by atoms with Gasteiger partial charge in [0, 0.05) is 17.0 Å². The van der Waals surface area contributed by atoms with Crippen LogP contribution in [0.1, 0.15) is 36.8 Å². The van der Waals surface area contributed by atoms with Crippen LogP contribution in [0.5, 0.6) is 5.75 Å². The number of sulfone groups is 1. The Kier molecular flexibility index (Phi) is 5.86. The molecule has 0 aliphatic carbocycles. The summed E-state index contributed by atoms with van der Waals surface area (Å²) in [6.45, 7) is 1.65. The molecule has 1 saturated heterocycles. The number of nitrogens with zero attached hydrogens (tertiary/aromatic N) is 2. The topological polar surface area (TPSA) is 111 Å². The van der Waals surface area contributed by atoms with E-state index in [0.29, 0.717) is 16.6 Å². The second-order valence-electron chi connectivity index (χ2n) is 9.10. The number of aliphatic hydroxyl groups is 1. The van der Waals surface area contributed by atoms with E-state index < -0.39 is 33.5 Å². The number of fused-ring (bicyclic) bond motifs is 1. The number of carbonyl (C=O) groups excluding carboxylic acids is 1. The zero-order valence-electron chi connectivity index (χ0n) is 18.5. The first-order chi connectivity index (χ1) is 15.7. The number of amides is 1. The van der Waals surface area contributed by atoms with Gasteiger partial charge in [0.15, 0.2) is 9.84 Å². The van der Waals surface area contributed by atoms with Gasteiger partial charge in [-0.1, -0.05) is 17.7 Å². The van der Waals surface area contributed by atoms with Crippen molar-refractivity contribution in [1.29, 1.82) is 0 Å². The summed E-state index contributed by atoms with van der Waals surface area (Å²) in [6, 6.07) is 8.73. The highest BCUT2D eigenvalue weighted by Gasteiger charge is 2.45. The predicted molar refractivity (Wildman–Crippen MR) is 122 cm³/mol. The molecule has 182 valence electrons. The number of alkyl halides is 2. The minimum Gasteiger partial charge on any atom is -0.435 e. The number of aromatic nitrogens is 2. The molecule has 1 aromatic heterocycles. The van der Waals surface area contributed by atoms with Crippen LogP contribution in [0.15, 0.2) is 36.4 Å².